The topological polar surface area (TPSA) is 21.3 Å². The maximum atomic E-state index is 5.84. The van der Waals surface area contributed by atoms with Crippen LogP contribution in [0, 0.1) is 5.92 Å². The van der Waals surface area contributed by atoms with Crippen LogP contribution in [0.4, 0.5) is 0 Å². The molecule has 76 valence electrons. The monoisotopic (exact) mass is 231 g/mol. The van der Waals surface area contributed by atoms with Crippen LogP contribution in [0.2, 0.25) is 10.0 Å². The molecule has 14 heavy (non-hydrogen) atoms. The molecule has 1 aliphatic heterocycles. The molecule has 0 atom stereocenters. The van der Waals surface area contributed by atoms with E-state index in [-0.39, 0.29) is 0 Å². The first-order valence-electron chi connectivity index (χ1n) is 4.53. The second-order valence-corrected chi connectivity index (χ2v) is 4.31. The number of halogens is 2. The molecule has 2 rings (SSSR count). The van der Waals surface area contributed by atoms with Crippen LogP contribution in [0.25, 0.3) is 0 Å². The summed E-state index contributed by atoms with van der Waals surface area (Å²) in [4.78, 5) is 0. The highest BCUT2D eigenvalue weighted by atomic mass is 35.5. The summed E-state index contributed by atoms with van der Waals surface area (Å²) in [5.74, 6) is 1.36. The highest BCUT2D eigenvalue weighted by Crippen LogP contribution is 2.24. The first-order valence-corrected chi connectivity index (χ1v) is 5.29. The Labute approximate surface area is 93.2 Å². The van der Waals surface area contributed by atoms with E-state index in [4.69, 9.17) is 27.9 Å². The number of nitrogens with one attached hydrogen (secondary N) is 1. The van der Waals surface area contributed by atoms with E-state index in [0.29, 0.717) is 16.0 Å². The van der Waals surface area contributed by atoms with Crippen LogP contribution in [0.5, 0.6) is 5.75 Å². The molecule has 1 saturated heterocycles. The summed E-state index contributed by atoms with van der Waals surface area (Å²) in [6.45, 7) is 2.80. The summed E-state index contributed by atoms with van der Waals surface area (Å²) in [5.41, 5.74) is 0. The molecule has 4 heteroatoms. The maximum absolute atomic E-state index is 5.84. The van der Waals surface area contributed by atoms with Gasteiger partial charge in [0.1, 0.15) is 5.75 Å². The second-order valence-electron chi connectivity index (χ2n) is 3.44. The minimum absolute atomic E-state index is 0.610. The molecule has 1 fully saturated rings. The van der Waals surface area contributed by atoms with Crippen molar-refractivity contribution in [1.29, 1.82) is 0 Å². The molecule has 1 aliphatic rings. The van der Waals surface area contributed by atoms with Gasteiger partial charge in [0.05, 0.1) is 6.61 Å². The van der Waals surface area contributed by atoms with Crippen molar-refractivity contribution in [1.82, 2.24) is 5.32 Å². The quantitative estimate of drug-likeness (QED) is 0.864. The normalized spacial score (nSPS) is 16.4. The van der Waals surface area contributed by atoms with Crippen molar-refractivity contribution in [2.24, 2.45) is 5.92 Å². The summed E-state index contributed by atoms with van der Waals surface area (Å²) in [6.07, 6.45) is 0. The Hall–Kier alpha value is -0.440. The smallest absolute Gasteiger partial charge is 0.122 e. The van der Waals surface area contributed by atoms with E-state index in [1.165, 1.54) is 0 Å². The minimum Gasteiger partial charge on any atom is -0.493 e. The molecule has 0 aromatic heterocycles. The van der Waals surface area contributed by atoms with Crippen molar-refractivity contribution in [2.45, 2.75) is 0 Å². The highest BCUT2D eigenvalue weighted by molar-refractivity contribution is 6.34. The average molecular weight is 232 g/mol. The predicted molar refractivity (Wildman–Crippen MR) is 58.3 cm³/mol. The lowest BCUT2D eigenvalue weighted by atomic mass is 10.1. The van der Waals surface area contributed by atoms with E-state index in [9.17, 15) is 0 Å². The SMILES string of the molecule is Clc1cc(Cl)cc(OCC2CNC2)c1. The number of hydrogen-bond donors (Lipinski definition) is 1. The summed E-state index contributed by atoms with van der Waals surface area (Å²) >= 11 is 11.7. The van der Waals surface area contributed by atoms with Gasteiger partial charge in [-0.1, -0.05) is 23.2 Å². The predicted octanol–water partition coefficient (Wildman–Crippen LogP) is 2.59. The number of ether oxygens (including phenoxy) is 1. The zero-order valence-corrected chi connectivity index (χ0v) is 9.11. The first kappa shape index (κ1) is 10.1. The van der Waals surface area contributed by atoms with Crippen LogP contribution < -0.4 is 10.1 Å². The molecule has 1 aromatic rings. The highest BCUT2D eigenvalue weighted by Gasteiger charge is 2.17. The Bertz CT molecular complexity index is 306. The lowest BCUT2D eigenvalue weighted by Gasteiger charge is -2.26. The van der Waals surface area contributed by atoms with Crippen LogP contribution >= 0.6 is 23.2 Å². The summed E-state index contributed by atoms with van der Waals surface area (Å²) in [5, 5.41) is 4.41. The third-order valence-electron chi connectivity index (χ3n) is 2.19. The summed E-state index contributed by atoms with van der Waals surface area (Å²) < 4.78 is 5.56. The van der Waals surface area contributed by atoms with E-state index >= 15 is 0 Å². The molecule has 0 spiro atoms. The molecular formula is C10H11Cl2NO. The van der Waals surface area contributed by atoms with Crippen molar-refractivity contribution in [3.05, 3.63) is 28.2 Å². The fourth-order valence-electron chi connectivity index (χ4n) is 1.29. The number of hydrogen-bond acceptors (Lipinski definition) is 2. The van der Waals surface area contributed by atoms with Gasteiger partial charge in [-0.25, -0.2) is 0 Å². The number of rotatable bonds is 3. The molecule has 0 amide bonds. The van der Waals surface area contributed by atoms with Gasteiger partial charge >= 0.3 is 0 Å². The van der Waals surface area contributed by atoms with Gasteiger partial charge in [0.25, 0.3) is 0 Å². The van der Waals surface area contributed by atoms with Gasteiger partial charge in [0.15, 0.2) is 0 Å². The summed E-state index contributed by atoms with van der Waals surface area (Å²) in [7, 11) is 0. The van der Waals surface area contributed by atoms with E-state index in [1.54, 1.807) is 18.2 Å². The van der Waals surface area contributed by atoms with Gasteiger partial charge in [-0.15, -0.1) is 0 Å². The van der Waals surface area contributed by atoms with E-state index in [0.717, 1.165) is 25.4 Å². The zero-order chi connectivity index (χ0) is 9.97. The second kappa shape index (κ2) is 4.39. The van der Waals surface area contributed by atoms with Crippen molar-refractivity contribution >= 4 is 23.2 Å². The largest absolute Gasteiger partial charge is 0.493 e. The van der Waals surface area contributed by atoms with Crippen LogP contribution in [-0.4, -0.2) is 19.7 Å². The Morgan fingerprint density at radius 1 is 1.21 bits per heavy atom. The van der Waals surface area contributed by atoms with E-state index in [1.807, 2.05) is 0 Å². The van der Waals surface area contributed by atoms with Crippen LogP contribution in [0.3, 0.4) is 0 Å². The third-order valence-corrected chi connectivity index (χ3v) is 2.62. The van der Waals surface area contributed by atoms with Gasteiger partial charge in [0, 0.05) is 29.1 Å². The first-order chi connectivity index (χ1) is 6.74. The van der Waals surface area contributed by atoms with Gasteiger partial charge in [0.2, 0.25) is 0 Å². The lowest BCUT2D eigenvalue weighted by molar-refractivity contribution is 0.199. The van der Waals surface area contributed by atoms with Crippen molar-refractivity contribution in [3.8, 4) is 5.75 Å². The van der Waals surface area contributed by atoms with Crippen LogP contribution in [0.1, 0.15) is 0 Å². The van der Waals surface area contributed by atoms with E-state index in [2.05, 4.69) is 5.32 Å². The molecule has 2 nitrogen and oxygen atoms in total. The molecule has 0 unspecified atom stereocenters. The van der Waals surface area contributed by atoms with Crippen molar-refractivity contribution in [3.63, 3.8) is 0 Å². The molecule has 1 aromatic carbocycles. The fraction of sp³-hybridized carbons (Fsp3) is 0.400. The van der Waals surface area contributed by atoms with Crippen LogP contribution in [0.15, 0.2) is 18.2 Å². The van der Waals surface area contributed by atoms with Crippen molar-refractivity contribution in [2.75, 3.05) is 19.7 Å². The molecule has 0 bridgehead atoms. The van der Waals surface area contributed by atoms with Crippen molar-refractivity contribution < 1.29 is 4.74 Å². The molecule has 0 saturated carbocycles. The van der Waals surface area contributed by atoms with Gasteiger partial charge < -0.3 is 10.1 Å². The van der Waals surface area contributed by atoms with Gasteiger partial charge in [-0.2, -0.15) is 0 Å². The molecule has 0 radical (unpaired) electrons. The standard InChI is InChI=1S/C10H11Cl2NO/c11-8-1-9(12)3-10(2-8)14-6-7-4-13-5-7/h1-3,7,13H,4-6H2. The zero-order valence-electron chi connectivity index (χ0n) is 7.59. The molecule has 0 aliphatic carbocycles. The van der Waals surface area contributed by atoms with Gasteiger partial charge in [-0.05, 0) is 18.2 Å². The Kier molecular flexibility index (Phi) is 3.16. The lowest BCUT2D eigenvalue weighted by Crippen LogP contribution is -2.45. The molecular weight excluding hydrogens is 221 g/mol. The molecule has 1 heterocycles. The summed E-state index contributed by atoms with van der Waals surface area (Å²) in [6, 6.07) is 5.25. The Balaban J connectivity index is 1.94. The number of benzene rings is 1. The average Bonchev–Trinajstić information content (AvgIpc) is 1.99. The van der Waals surface area contributed by atoms with Gasteiger partial charge in [-0.3, -0.25) is 0 Å². The molecule has 1 N–H and O–H groups in total. The van der Waals surface area contributed by atoms with Crippen LogP contribution in [-0.2, 0) is 0 Å². The fourth-order valence-corrected chi connectivity index (χ4v) is 1.80. The maximum Gasteiger partial charge on any atom is 0.122 e. The Morgan fingerprint density at radius 3 is 2.36 bits per heavy atom. The third kappa shape index (κ3) is 2.53. The Morgan fingerprint density at radius 2 is 1.86 bits per heavy atom. The van der Waals surface area contributed by atoms with E-state index < -0.39 is 0 Å². The minimum atomic E-state index is 0.610.